The maximum atomic E-state index is 13.2. The summed E-state index contributed by atoms with van der Waals surface area (Å²) in [7, 11) is -7.64. The van der Waals surface area contributed by atoms with Crippen molar-refractivity contribution < 1.29 is 21.6 Å². The molecule has 1 heterocycles. The molecule has 1 spiro atoms. The highest BCUT2D eigenvalue weighted by atomic mass is 35.5. The predicted molar refractivity (Wildman–Crippen MR) is 139 cm³/mol. The average Bonchev–Trinajstić information content (AvgIpc) is 3.57. The van der Waals surface area contributed by atoms with Crippen LogP contribution in [0, 0.1) is 5.41 Å². The smallest absolute Gasteiger partial charge is 0.261 e. The van der Waals surface area contributed by atoms with Gasteiger partial charge in [0.05, 0.1) is 36.9 Å². The zero-order chi connectivity index (χ0) is 26.5. The van der Waals surface area contributed by atoms with Crippen molar-refractivity contribution in [2.45, 2.75) is 54.2 Å². The molecule has 4 rings (SSSR count). The number of nitrogens with one attached hydrogen (secondary N) is 2. The van der Waals surface area contributed by atoms with E-state index < -0.39 is 25.1 Å². The van der Waals surface area contributed by atoms with Crippen LogP contribution in [0.1, 0.15) is 39.2 Å². The first-order valence-corrected chi connectivity index (χ1v) is 15.0. The second-order valence-electron chi connectivity index (χ2n) is 9.50. The van der Waals surface area contributed by atoms with Crippen molar-refractivity contribution in [1.82, 2.24) is 9.80 Å². The molecule has 0 radical (unpaired) electrons. The van der Waals surface area contributed by atoms with Gasteiger partial charge < -0.3 is 9.80 Å². The van der Waals surface area contributed by atoms with Gasteiger partial charge in [0.25, 0.3) is 10.0 Å². The van der Waals surface area contributed by atoms with Gasteiger partial charge in [-0.05, 0) is 63.1 Å². The van der Waals surface area contributed by atoms with E-state index in [2.05, 4.69) is 4.72 Å². The van der Waals surface area contributed by atoms with E-state index >= 15 is 0 Å². The molecule has 194 valence electrons. The Morgan fingerprint density at radius 2 is 1.64 bits per heavy atom. The number of sulfonamides is 1. The Balaban J connectivity index is 1.62. The summed E-state index contributed by atoms with van der Waals surface area (Å²) < 4.78 is 53.6. The van der Waals surface area contributed by atoms with Gasteiger partial charge in [0.1, 0.15) is 5.84 Å². The van der Waals surface area contributed by atoms with Crippen molar-refractivity contribution in [2.24, 2.45) is 0 Å². The van der Waals surface area contributed by atoms with E-state index in [1.807, 2.05) is 4.90 Å². The summed E-state index contributed by atoms with van der Waals surface area (Å²) in [6, 6.07) is 9.76. The Labute approximate surface area is 216 Å². The number of benzene rings is 2. The standard InChI is InChI=1S/C24H29ClN4O5S2/c1-16(2)35(31,32)18-7-9-19(10-8-18)36(33,34)27-21-6-4-5-20(25)22(21)23(26)29-14-13-28(17(3)30)15-24(29)11-12-24/h4-10,16,26-27H,11-15H2,1-3H3. The van der Waals surface area contributed by atoms with E-state index in [0.717, 1.165) is 12.8 Å². The van der Waals surface area contributed by atoms with E-state index in [-0.39, 0.29) is 43.3 Å². The molecule has 2 N–H and O–H groups in total. The van der Waals surface area contributed by atoms with Gasteiger partial charge in [0.2, 0.25) is 5.91 Å². The highest BCUT2D eigenvalue weighted by Gasteiger charge is 2.53. The third kappa shape index (κ3) is 4.83. The second kappa shape index (κ2) is 9.35. The lowest BCUT2D eigenvalue weighted by molar-refractivity contribution is -0.131. The quantitative estimate of drug-likeness (QED) is 0.418. The van der Waals surface area contributed by atoms with Crippen LogP contribution in [0.4, 0.5) is 5.69 Å². The Morgan fingerprint density at radius 1 is 1.03 bits per heavy atom. The van der Waals surface area contributed by atoms with Crippen molar-refractivity contribution in [1.29, 1.82) is 5.41 Å². The normalized spacial score (nSPS) is 17.4. The number of amides is 1. The van der Waals surface area contributed by atoms with Crippen LogP contribution in [0.15, 0.2) is 52.3 Å². The fourth-order valence-electron chi connectivity index (χ4n) is 4.44. The molecule has 0 unspecified atom stereocenters. The lowest BCUT2D eigenvalue weighted by Gasteiger charge is -2.43. The molecular weight excluding hydrogens is 524 g/mol. The van der Waals surface area contributed by atoms with Crippen LogP contribution >= 0.6 is 11.6 Å². The topological polar surface area (TPSA) is 128 Å². The van der Waals surface area contributed by atoms with Crippen molar-refractivity contribution >= 4 is 48.9 Å². The zero-order valence-corrected chi connectivity index (χ0v) is 22.7. The first kappa shape index (κ1) is 26.4. The number of nitrogens with zero attached hydrogens (tertiary/aromatic N) is 2. The monoisotopic (exact) mass is 552 g/mol. The molecule has 1 saturated carbocycles. The molecule has 0 bridgehead atoms. The first-order chi connectivity index (χ1) is 16.8. The molecule has 2 fully saturated rings. The predicted octanol–water partition coefficient (Wildman–Crippen LogP) is 3.34. The van der Waals surface area contributed by atoms with Gasteiger partial charge >= 0.3 is 0 Å². The molecule has 12 heteroatoms. The van der Waals surface area contributed by atoms with Crippen LogP contribution in [-0.2, 0) is 24.7 Å². The van der Waals surface area contributed by atoms with E-state index in [9.17, 15) is 21.6 Å². The number of rotatable bonds is 6. The van der Waals surface area contributed by atoms with E-state index in [1.165, 1.54) is 37.3 Å². The largest absolute Gasteiger partial charge is 0.347 e. The van der Waals surface area contributed by atoms with Crippen LogP contribution in [0.5, 0.6) is 0 Å². The van der Waals surface area contributed by atoms with Gasteiger partial charge in [-0.15, -0.1) is 0 Å². The third-order valence-corrected chi connectivity index (χ3v) is 10.6. The lowest BCUT2D eigenvalue weighted by Crippen LogP contribution is -2.58. The number of carbonyl (C=O) groups excluding carboxylic acids is 1. The minimum atomic E-state index is -4.10. The minimum absolute atomic E-state index is 0.00846. The van der Waals surface area contributed by atoms with Crippen LogP contribution in [0.3, 0.4) is 0 Å². The molecular formula is C24H29ClN4O5S2. The Hall–Kier alpha value is -2.63. The first-order valence-electron chi connectivity index (χ1n) is 11.6. The molecule has 0 atom stereocenters. The SMILES string of the molecule is CC(=O)N1CCN(C(=N)c2c(Cl)cccc2NS(=O)(=O)c2ccc(S(=O)(=O)C(C)C)cc2)C2(CC2)C1. The van der Waals surface area contributed by atoms with Gasteiger partial charge in [0, 0.05) is 26.6 Å². The van der Waals surface area contributed by atoms with Gasteiger partial charge in [-0.3, -0.25) is 14.9 Å². The fraction of sp³-hybridized carbons (Fsp3) is 0.417. The summed E-state index contributed by atoms with van der Waals surface area (Å²) in [5.41, 5.74) is 0.0640. The van der Waals surface area contributed by atoms with E-state index in [0.29, 0.717) is 19.6 Å². The Kier molecular flexibility index (Phi) is 6.87. The molecule has 1 aliphatic carbocycles. The maximum Gasteiger partial charge on any atom is 0.261 e. The van der Waals surface area contributed by atoms with Crippen molar-refractivity contribution in [3.8, 4) is 0 Å². The third-order valence-electron chi connectivity index (χ3n) is 6.77. The number of anilines is 1. The van der Waals surface area contributed by atoms with E-state index in [1.54, 1.807) is 30.9 Å². The fourth-order valence-corrected chi connectivity index (χ4v) is 6.83. The highest BCUT2D eigenvalue weighted by molar-refractivity contribution is 7.93. The number of hydrogen-bond acceptors (Lipinski definition) is 6. The molecule has 36 heavy (non-hydrogen) atoms. The highest BCUT2D eigenvalue weighted by Crippen LogP contribution is 2.46. The van der Waals surface area contributed by atoms with Crippen LogP contribution < -0.4 is 4.72 Å². The lowest BCUT2D eigenvalue weighted by atomic mass is 10.1. The molecule has 2 aromatic carbocycles. The number of hydrogen-bond donors (Lipinski definition) is 2. The van der Waals surface area contributed by atoms with Gasteiger partial charge in [-0.2, -0.15) is 0 Å². The molecule has 1 amide bonds. The summed E-state index contributed by atoms with van der Waals surface area (Å²) in [4.78, 5) is 15.5. The number of carbonyl (C=O) groups is 1. The summed E-state index contributed by atoms with van der Waals surface area (Å²) in [5.74, 6) is 0.0863. The summed E-state index contributed by atoms with van der Waals surface area (Å²) in [6.07, 6.45) is 1.66. The number of amidine groups is 1. The van der Waals surface area contributed by atoms with E-state index in [4.69, 9.17) is 17.0 Å². The maximum absolute atomic E-state index is 13.2. The number of sulfone groups is 1. The van der Waals surface area contributed by atoms with Gasteiger partial charge in [0.15, 0.2) is 9.84 Å². The molecule has 1 saturated heterocycles. The second-order valence-corrected chi connectivity index (χ2v) is 14.1. The molecule has 2 aromatic rings. The van der Waals surface area contributed by atoms with Crippen molar-refractivity contribution in [3.05, 3.63) is 53.1 Å². The average molecular weight is 553 g/mol. The molecule has 2 aliphatic rings. The minimum Gasteiger partial charge on any atom is -0.347 e. The molecule has 9 nitrogen and oxygen atoms in total. The molecule has 0 aromatic heterocycles. The van der Waals surface area contributed by atoms with Crippen LogP contribution in [0.2, 0.25) is 5.02 Å². The van der Waals surface area contributed by atoms with Crippen molar-refractivity contribution in [3.63, 3.8) is 0 Å². The van der Waals surface area contributed by atoms with Crippen LogP contribution in [0.25, 0.3) is 0 Å². The van der Waals surface area contributed by atoms with Gasteiger partial charge in [-0.1, -0.05) is 17.7 Å². The number of piperazine rings is 1. The van der Waals surface area contributed by atoms with Crippen molar-refractivity contribution in [2.75, 3.05) is 24.4 Å². The summed E-state index contributed by atoms with van der Waals surface area (Å²) in [6.45, 7) is 6.08. The van der Waals surface area contributed by atoms with Crippen LogP contribution in [-0.4, -0.2) is 68.8 Å². The Bertz CT molecular complexity index is 1420. The van der Waals surface area contributed by atoms with Gasteiger partial charge in [-0.25, -0.2) is 16.8 Å². The number of halogens is 1. The molecule has 1 aliphatic heterocycles. The Morgan fingerprint density at radius 3 is 2.19 bits per heavy atom. The summed E-state index contributed by atoms with van der Waals surface area (Å²) >= 11 is 6.48. The zero-order valence-electron chi connectivity index (χ0n) is 20.3. The summed E-state index contributed by atoms with van der Waals surface area (Å²) in [5, 5.41) is 8.55.